The smallest absolute Gasteiger partial charge is 0.362 e. The lowest BCUT2D eigenvalue weighted by Crippen LogP contribution is -2.06. The van der Waals surface area contributed by atoms with Crippen molar-refractivity contribution in [1.29, 1.82) is 0 Å². The van der Waals surface area contributed by atoms with Gasteiger partial charge in [-0.25, -0.2) is 4.39 Å². The largest absolute Gasteiger partial charge is 0.446 e. The van der Waals surface area contributed by atoms with E-state index in [0.717, 1.165) is 24.3 Å². The third kappa shape index (κ3) is 2.85. The molecule has 0 bridgehead atoms. The van der Waals surface area contributed by atoms with Crippen molar-refractivity contribution in [3.8, 4) is 5.75 Å². The van der Waals surface area contributed by atoms with Crippen molar-refractivity contribution in [2.45, 2.75) is 0 Å². The Labute approximate surface area is 68.5 Å². The summed E-state index contributed by atoms with van der Waals surface area (Å²) in [6.45, 7) is 0. The summed E-state index contributed by atoms with van der Waals surface area (Å²) in [6, 6.07) is 4.20. The summed E-state index contributed by atoms with van der Waals surface area (Å²) in [4.78, 5) is 0. The van der Waals surface area contributed by atoms with Crippen LogP contribution in [0.25, 0.3) is 0 Å². The fourth-order valence-corrected chi connectivity index (χ4v) is 0.966. The van der Waals surface area contributed by atoms with Gasteiger partial charge in [-0.2, -0.15) is 8.42 Å². The quantitative estimate of drug-likeness (QED) is 0.710. The Bertz CT molecular complexity index is 356. The van der Waals surface area contributed by atoms with Gasteiger partial charge in [0, 0.05) is 0 Å². The van der Waals surface area contributed by atoms with E-state index in [1.807, 2.05) is 0 Å². The molecular weight excluding hydrogens is 187 g/mol. The Kier molecular flexibility index (Phi) is 2.30. The van der Waals surface area contributed by atoms with Crippen LogP contribution in [-0.4, -0.2) is 13.0 Å². The van der Waals surface area contributed by atoms with E-state index < -0.39 is 16.2 Å². The second-order valence-corrected chi connectivity index (χ2v) is 2.99. The number of rotatable bonds is 2. The molecule has 0 heterocycles. The molecule has 12 heavy (non-hydrogen) atoms. The highest BCUT2D eigenvalue weighted by atomic mass is 32.3. The minimum Gasteiger partial charge on any atom is -0.362 e. The van der Waals surface area contributed by atoms with Gasteiger partial charge in [0.25, 0.3) is 0 Å². The van der Waals surface area contributed by atoms with Gasteiger partial charge in [-0.3, -0.25) is 4.55 Å². The molecule has 0 atom stereocenters. The molecule has 4 nitrogen and oxygen atoms in total. The molecule has 1 rings (SSSR count). The molecule has 0 unspecified atom stereocenters. The van der Waals surface area contributed by atoms with Gasteiger partial charge < -0.3 is 4.18 Å². The molecule has 1 aromatic rings. The lowest BCUT2D eigenvalue weighted by Gasteiger charge is -1.99. The molecule has 0 aliphatic rings. The van der Waals surface area contributed by atoms with Crippen molar-refractivity contribution >= 4 is 10.4 Å². The second-order valence-electron chi connectivity index (χ2n) is 1.96. The first-order chi connectivity index (χ1) is 5.47. The van der Waals surface area contributed by atoms with Crippen LogP contribution < -0.4 is 4.18 Å². The van der Waals surface area contributed by atoms with E-state index in [1.54, 1.807) is 0 Å². The van der Waals surface area contributed by atoms with Gasteiger partial charge in [-0.15, -0.1) is 0 Å². The molecule has 0 saturated heterocycles. The van der Waals surface area contributed by atoms with E-state index in [4.69, 9.17) is 4.55 Å². The first-order valence-corrected chi connectivity index (χ1v) is 4.26. The highest BCUT2D eigenvalue weighted by Gasteiger charge is 2.05. The van der Waals surface area contributed by atoms with E-state index in [2.05, 4.69) is 4.18 Å². The average Bonchev–Trinajstić information content (AvgIpc) is 1.91. The van der Waals surface area contributed by atoms with Crippen LogP contribution in [0.2, 0.25) is 0 Å². The zero-order valence-electron chi connectivity index (χ0n) is 5.77. The Morgan fingerprint density at radius 1 is 1.25 bits per heavy atom. The van der Waals surface area contributed by atoms with Crippen LogP contribution in [-0.2, 0) is 10.4 Å². The van der Waals surface area contributed by atoms with Gasteiger partial charge in [0.2, 0.25) is 0 Å². The Morgan fingerprint density at radius 2 is 1.75 bits per heavy atom. The molecule has 6 heteroatoms. The molecule has 0 radical (unpaired) electrons. The van der Waals surface area contributed by atoms with Gasteiger partial charge in [0.05, 0.1) is 0 Å². The number of halogens is 1. The van der Waals surface area contributed by atoms with Gasteiger partial charge in [0.15, 0.2) is 0 Å². The van der Waals surface area contributed by atoms with E-state index >= 15 is 0 Å². The van der Waals surface area contributed by atoms with Crippen LogP contribution in [0.4, 0.5) is 4.39 Å². The van der Waals surface area contributed by atoms with Crippen molar-refractivity contribution in [3.05, 3.63) is 30.1 Å². The van der Waals surface area contributed by atoms with Gasteiger partial charge >= 0.3 is 10.4 Å². The second kappa shape index (κ2) is 3.08. The third-order valence-electron chi connectivity index (χ3n) is 1.02. The van der Waals surface area contributed by atoms with Crippen LogP contribution >= 0.6 is 0 Å². The molecular formula is C6H5FO4S. The van der Waals surface area contributed by atoms with E-state index in [9.17, 15) is 12.8 Å². The third-order valence-corrected chi connectivity index (χ3v) is 1.42. The van der Waals surface area contributed by atoms with E-state index in [0.29, 0.717) is 0 Å². The van der Waals surface area contributed by atoms with E-state index in [1.165, 1.54) is 0 Å². The molecule has 0 saturated carbocycles. The Morgan fingerprint density at radius 3 is 2.17 bits per heavy atom. The molecule has 1 aromatic carbocycles. The normalized spacial score (nSPS) is 11.2. The summed E-state index contributed by atoms with van der Waals surface area (Å²) in [7, 11) is -4.51. The Balaban J connectivity index is 2.85. The molecule has 0 aliphatic heterocycles. The van der Waals surface area contributed by atoms with Gasteiger partial charge in [-0.1, -0.05) is 0 Å². The van der Waals surface area contributed by atoms with Crippen LogP contribution in [0.1, 0.15) is 0 Å². The average molecular weight is 192 g/mol. The van der Waals surface area contributed by atoms with Crippen molar-refractivity contribution in [2.75, 3.05) is 0 Å². The summed E-state index contributed by atoms with van der Waals surface area (Å²) < 4.78 is 44.7. The SMILES string of the molecule is O=S(=O)(O)Oc1ccc(F)cc1. The molecule has 66 valence electrons. The minimum absolute atomic E-state index is 0.140. The summed E-state index contributed by atoms with van der Waals surface area (Å²) >= 11 is 0. The van der Waals surface area contributed by atoms with Gasteiger partial charge in [0.1, 0.15) is 11.6 Å². The highest BCUT2D eigenvalue weighted by molar-refractivity contribution is 7.81. The highest BCUT2D eigenvalue weighted by Crippen LogP contribution is 2.12. The molecule has 0 fully saturated rings. The molecule has 0 amide bonds. The first kappa shape index (κ1) is 8.95. The van der Waals surface area contributed by atoms with Crippen molar-refractivity contribution in [1.82, 2.24) is 0 Å². The van der Waals surface area contributed by atoms with Gasteiger partial charge in [-0.05, 0) is 24.3 Å². The maximum absolute atomic E-state index is 12.3. The van der Waals surface area contributed by atoms with E-state index in [-0.39, 0.29) is 5.75 Å². The van der Waals surface area contributed by atoms with Crippen LogP contribution in [0.3, 0.4) is 0 Å². The van der Waals surface area contributed by atoms with Crippen LogP contribution in [0, 0.1) is 5.82 Å². The van der Waals surface area contributed by atoms with Crippen molar-refractivity contribution in [3.63, 3.8) is 0 Å². The number of hydrogen-bond acceptors (Lipinski definition) is 3. The van der Waals surface area contributed by atoms with Crippen LogP contribution in [0.15, 0.2) is 24.3 Å². The lowest BCUT2D eigenvalue weighted by molar-refractivity contribution is 0.386. The molecule has 0 aromatic heterocycles. The zero-order chi connectivity index (χ0) is 9.19. The zero-order valence-corrected chi connectivity index (χ0v) is 6.58. The monoisotopic (exact) mass is 192 g/mol. The maximum atomic E-state index is 12.3. The molecule has 0 spiro atoms. The summed E-state index contributed by atoms with van der Waals surface area (Å²) in [6.07, 6.45) is 0. The standard InChI is InChI=1S/C6H5FO4S/c7-5-1-3-6(4-2-5)11-12(8,9)10/h1-4H,(H,8,9,10). The summed E-state index contributed by atoms with van der Waals surface area (Å²) in [5.74, 6) is -0.656. The topological polar surface area (TPSA) is 63.6 Å². The lowest BCUT2D eigenvalue weighted by atomic mass is 10.3. The summed E-state index contributed by atoms with van der Waals surface area (Å²) in [5, 5.41) is 0. The Hall–Kier alpha value is -1.14. The first-order valence-electron chi connectivity index (χ1n) is 2.90. The number of benzene rings is 1. The fraction of sp³-hybridized carbons (Fsp3) is 0. The van der Waals surface area contributed by atoms with Crippen molar-refractivity contribution in [2.24, 2.45) is 0 Å². The minimum atomic E-state index is -4.51. The maximum Gasteiger partial charge on any atom is 0.446 e. The molecule has 0 aliphatic carbocycles. The predicted molar refractivity (Wildman–Crippen MR) is 38.6 cm³/mol. The predicted octanol–water partition coefficient (Wildman–Crippen LogP) is 1.01. The van der Waals surface area contributed by atoms with Crippen molar-refractivity contribution < 1.29 is 21.5 Å². The van der Waals surface area contributed by atoms with Crippen LogP contribution in [0.5, 0.6) is 5.75 Å². The molecule has 1 N–H and O–H groups in total. The summed E-state index contributed by atoms with van der Waals surface area (Å²) in [5.41, 5.74) is 0. The fourth-order valence-electron chi connectivity index (χ4n) is 0.612. The number of hydrogen-bond donors (Lipinski definition) is 1.